The standard InChI is InChI=1S/C29H50O10/c1-5-7-9-11-13-15-25(30)34-19-23(38-28(33)16-14-12-10-8-6-2)20-35-26(31)17-18-27(32)36-21-24-22-37-29(3,4)39-24/h23-24H,5-22H2,1-4H3. The van der Waals surface area contributed by atoms with Gasteiger partial charge in [0.15, 0.2) is 11.9 Å². The van der Waals surface area contributed by atoms with Crippen molar-refractivity contribution in [3.8, 4) is 0 Å². The third-order valence-electron chi connectivity index (χ3n) is 6.16. The first-order chi connectivity index (χ1) is 18.6. The second-order valence-electron chi connectivity index (χ2n) is 10.4. The smallest absolute Gasteiger partial charge is 0.306 e. The highest BCUT2D eigenvalue weighted by Gasteiger charge is 2.33. The maximum atomic E-state index is 12.3. The van der Waals surface area contributed by atoms with Crippen LogP contribution in [0.2, 0.25) is 0 Å². The Morgan fingerprint density at radius 1 is 0.692 bits per heavy atom. The van der Waals surface area contributed by atoms with Crippen LogP contribution in [0.3, 0.4) is 0 Å². The number of hydrogen-bond acceptors (Lipinski definition) is 10. The Morgan fingerprint density at radius 3 is 1.69 bits per heavy atom. The van der Waals surface area contributed by atoms with E-state index in [0.29, 0.717) is 19.4 Å². The fourth-order valence-electron chi connectivity index (χ4n) is 3.93. The molecular formula is C29H50O10. The second-order valence-corrected chi connectivity index (χ2v) is 10.4. The molecule has 0 aliphatic carbocycles. The van der Waals surface area contributed by atoms with Gasteiger partial charge in [0.05, 0.1) is 19.4 Å². The quantitative estimate of drug-likeness (QED) is 0.0997. The summed E-state index contributed by atoms with van der Waals surface area (Å²) in [6, 6.07) is 0. The molecule has 0 radical (unpaired) electrons. The van der Waals surface area contributed by atoms with Gasteiger partial charge >= 0.3 is 23.9 Å². The lowest BCUT2D eigenvalue weighted by Gasteiger charge is -2.18. The number of unbranched alkanes of at least 4 members (excludes halogenated alkanes) is 8. The van der Waals surface area contributed by atoms with E-state index in [1.807, 2.05) is 0 Å². The van der Waals surface area contributed by atoms with Crippen molar-refractivity contribution in [3.05, 3.63) is 0 Å². The summed E-state index contributed by atoms with van der Waals surface area (Å²) in [6.07, 6.45) is 8.90. The topological polar surface area (TPSA) is 124 Å². The van der Waals surface area contributed by atoms with Crippen LogP contribution >= 0.6 is 0 Å². The molecule has 0 spiro atoms. The van der Waals surface area contributed by atoms with Crippen LogP contribution in [0.1, 0.15) is 118 Å². The van der Waals surface area contributed by atoms with Crippen LogP contribution in [-0.4, -0.2) is 68.3 Å². The molecular weight excluding hydrogens is 508 g/mol. The van der Waals surface area contributed by atoms with Crippen molar-refractivity contribution in [1.82, 2.24) is 0 Å². The monoisotopic (exact) mass is 558 g/mol. The first-order valence-electron chi connectivity index (χ1n) is 14.6. The van der Waals surface area contributed by atoms with Crippen molar-refractivity contribution < 1.29 is 47.6 Å². The molecule has 0 saturated carbocycles. The third kappa shape index (κ3) is 18.7. The minimum absolute atomic E-state index is 0.0394. The maximum Gasteiger partial charge on any atom is 0.306 e. The molecule has 0 aromatic rings. The van der Waals surface area contributed by atoms with Crippen LogP contribution in [0.15, 0.2) is 0 Å². The number of carbonyl (C=O) groups excluding carboxylic acids is 4. The van der Waals surface area contributed by atoms with Crippen molar-refractivity contribution in [2.45, 2.75) is 136 Å². The molecule has 1 aliphatic rings. The van der Waals surface area contributed by atoms with Gasteiger partial charge < -0.3 is 28.4 Å². The van der Waals surface area contributed by atoms with Crippen LogP contribution < -0.4 is 0 Å². The highest BCUT2D eigenvalue weighted by Crippen LogP contribution is 2.22. The van der Waals surface area contributed by atoms with Crippen molar-refractivity contribution in [2.75, 3.05) is 26.4 Å². The lowest BCUT2D eigenvalue weighted by atomic mass is 10.1. The summed E-state index contributed by atoms with van der Waals surface area (Å²) in [4.78, 5) is 48.6. The minimum Gasteiger partial charge on any atom is -0.463 e. The van der Waals surface area contributed by atoms with E-state index in [2.05, 4.69) is 13.8 Å². The number of esters is 4. The van der Waals surface area contributed by atoms with Gasteiger partial charge in [-0.25, -0.2) is 0 Å². The normalized spacial score (nSPS) is 16.9. The van der Waals surface area contributed by atoms with E-state index in [1.165, 1.54) is 0 Å². The molecule has 1 rings (SSSR count). The second kappa shape index (κ2) is 20.7. The summed E-state index contributed by atoms with van der Waals surface area (Å²) in [5.41, 5.74) is 0. The molecule has 39 heavy (non-hydrogen) atoms. The number of carbonyl (C=O) groups is 4. The van der Waals surface area contributed by atoms with Gasteiger partial charge in [0.1, 0.15) is 25.9 Å². The lowest BCUT2D eigenvalue weighted by molar-refractivity contribution is -0.167. The van der Waals surface area contributed by atoms with Crippen LogP contribution in [0.5, 0.6) is 0 Å². The van der Waals surface area contributed by atoms with Gasteiger partial charge in [0, 0.05) is 12.8 Å². The molecule has 0 amide bonds. The van der Waals surface area contributed by atoms with Gasteiger partial charge in [-0.05, 0) is 26.7 Å². The van der Waals surface area contributed by atoms with Crippen LogP contribution in [-0.2, 0) is 47.6 Å². The van der Waals surface area contributed by atoms with Crippen molar-refractivity contribution in [2.24, 2.45) is 0 Å². The zero-order valence-corrected chi connectivity index (χ0v) is 24.5. The van der Waals surface area contributed by atoms with Gasteiger partial charge in [0.25, 0.3) is 0 Å². The summed E-state index contributed by atoms with van der Waals surface area (Å²) in [5, 5.41) is 0. The van der Waals surface area contributed by atoms with E-state index < -0.39 is 29.8 Å². The Kier molecular flexibility index (Phi) is 18.5. The van der Waals surface area contributed by atoms with Crippen LogP contribution in [0, 0.1) is 0 Å². The Labute approximate surface area is 233 Å². The Bertz CT molecular complexity index is 721. The van der Waals surface area contributed by atoms with E-state index >= 15 is 0 Å². The molecule has 0 N–H and O–H groups in total. The fourth-order valence-corrected chi connectivity index (χ4v) is 3.93. The predicted octanol–water partition coefficient (Wildman–Crippen LogP) is 5.18. The van der Waals surface area contributed by atoms with Gasteiger partial charge in [-0.3, -0.25) is 19.2 Å². The van der Waals surface area contributed by atoms with Crippen molar-refractivity contribution in [3.63, 3.8) is 0 Å². The number of rotatable bonds is 22. The minimum atomic E-state index is -0.907. The fraction of sp³-hybridized carbons (Fsp3) is 0.862. The zero-order chi connectivity index (χ0) is 28.9. The Morgan fingerprint density at radius 2 is 1.18 bits per heavy atom. The average Bonchev–Trinajstić information content (AvgIpc) is 3.25. The molecule has 1 aliphatic heterocycles. The third-order valence-corrected chi connectivity index (χ3v) is 6.16. The molecule has 0 aromatic heterocycles. The zero-order valence-electron chi connectivity index (χ0n) is 24.5. The van der Waals surface area contributed by atoms with Crippen LogP contribution in [0.25, 0.3) is 0 Å². The summed E-state index contributed by atoms with van der Waals surface area (Å²) in [7, 11) is 0. The molecule has 0 bridgehead atoms. The van der Waals surface area contributed by atoms with Crippen molar-refractivity contribution >= 4 is 23.9 Å². The average molecular weight is 559 g/mol. The molecule has 0 aromatic carbocycles. The highest BCUT2D eigenvalue weighted by atomic mass is 16.7. The summed E-state index contributed by atoms with van der Waals surface area (Å²) in [6.45, 7) is 7.71. The van der Waals surface area contributed by atoms with Gasteiger partial charge in [-0.2, -0.15) is 0 Å². The molecule has 2 atom stereocenters. The SMILES string of the molecule is CCCCCCCC(=O)OCC(COC(=O)CCC(=O)OCC1COC(C)(C)O1)OC(=O)CCCCCCC. The highest BCUT2D eigenvalue weighted by molar-refractivity contribution is 5.77. The molecule has 1 heterocycles. The first-order valence-corrected chi connectivity index (χ1v) is 14.6. The largest absolute Gasteiger partial charge is 0.463 e. The molecule has 2 unspecified atom stereocenters. The number of ether oxygens (including phenoxy) is 6. The van der Waals surface area contributed by atoms with E-state index in [0.717, 1.165) is 57.8 Å². The molecule has 1 saturated heterocycles. The van der Waals surface area contributed by atoms with Crippen molar-refractivity contribution in [1.29, 1.82) is 0 Å². The predicted molar refractivity (Wildman–Crippen MR) is 144 cm³/mol. The van der Waals surface area contributed by atoms with Gasteiger partial charge in [-0.15, -0.1) is 0 Å². The summed E-state index contributed by atoms with van der Waals surface area (Å²) >= 11 is 0. The molecule has 226 valence electrons. The number of hydrogen-bond donors (Lipinski definition) is 0. The van der Waals surface area contributed by atoms with Gasteiger partial charge in [0.2, 0.25) is 0 Å². The van der Waals surface area contributed by atoms with E-state index in [-0.39, 0.29) is 51.2 Å². The Hall–Kier alpha value is -2.20. The Balaban J connectivity index is 2.39. The molecule has 10 heteroatoms. The van der Waals surface area contributed by atoms with Gasteiger partial charge in [-0.1, -0.05) is 65.2 Å². The van der Waals surface area contributed by atoms with E-state index in [4.69, 9.17) is 28.4 Å². The molecule has 10 nitrogen and oxygen atoms in total. The lowest BCUT2D eigenvalue weighted by Crippen LogP contribution is -2.31. The van der Waals surface area contributed by atoms with E-state index in [9.17, 15) is 19.2 Å². The molecule has 1 fully saturated rings. The first kappa shape index (κ1) is 34.8. The van der Waals surface area contributed by atoms with Crippen LogP contribution in [0.4, 0.5) is 0 Å². The summed E-state index contributed by atoms with van der Waals surface area (Å²) < 4.78 is 32.1. The van der Waals surface area contributed by atoms with E-state index in [1.54, 1.807) is 13.8 Å². The maximum absolute atomic E-state index is 12.3. The summed E-state index contributed by atoms with van der Waals surface area (Å²) in [5.74, 6) is -2.70.